The van der Waals surface area contributed by atoms with Gasteiger partial charge in [0.2, 0.25) is 0 Å². The van der Waals surface area contributed by atoms with Crippen molar-refractivity contribution in [1.29, 1.82) is 0 Å². The van der Waals surface area contributed by atoms with Gasteiger partial charge in [-0.1, -0.05) is 18.2 Å². The molecule has 2 aliphatic rings. The molecule has 0 aliphatic carbocycles. The van der Waals surface area contributed by atoms with E-state index in [9.17, 15) is 4.79 Å². The van der Waals surface area contributed by atoms with Crippen LogP contribution < -0.4 is 0 Å². The fourth-order valence-electron chi connectivity index (χ4n) is 3.68. The molecule has 0 radical (unpaired) electrons. The number of nitrogens with zero attached hydrogens (tertiary/aromatic N) is 3. The summed E-state index contributed by atoms with van der Waals surface area (Å²) in [4.78, 5) is 14.7. The molecule has 0 bridgehead atoms. The Balaban J connectivity index is 1.49. The van der Waals surface area contributed by atoms with Gasteiger partial charge < -0.3 is 9.64 Å². The largest absolute Gasteiger partial charge is 0.378 e. The molecule has 0 N–H and O–H groups in total. The van der Waals surface area contributed by atoms with Gasteiger partial charge in [-0.3, -0.25) is 9.48 Å². The number of rotatable bonds is 3. The molecule has 1 amide bonds. The van der Waals surface area contributed by atoms with Gasteiger partial charge in [-0.25, -0.2) is 0 Å². The Morgan fingerprint density at radius 3 is 3.00 bits per heavy atom. The Morgan fingerprint density at radius 2 is 2.22 bits per heavy atom. The van der Waals surface area contributed by atoms with E-state index in [0.29, 0.717) is 11.8 Å². The zero-order valence-electron chi connectivity index (χ0n) is 13.5. The first-order valence-corrected chi connectivity index (χ1v) is 9.07. The molecule has 122 valence electrons. The van der Waals surface area contributed by atoms with Gasteiger partial charge in [0.05, 0.1) is 16.4 Å². The van der Waals surface area contributed by atoms with Gasteiger partial charge >= 0.3 is 0 Å². The highest BCUT2D eigenvalue weighted by molar-refractivity contribution is 8.01. The molecule has 1 aromatic heterocycles. The summed E-state index contributed by atoms with van der Waals surface area (Å²) in [5, 5.41) is 5.38. The van der Waals surface area contributed by atoms with E-state index in [1.807, 2.05) is 54.9 Å². The van der Waals surface area contributed by atoms with E-state index >= 15 is 0 Å². The molecule has 5 nitrogen and oxygen atoms in total. The van der Waals surface area contributed by atoms with E-state index in [4.69, 9.17) is 4.74 Å². The second-order valence-electron chi connectivity index (χ2n) is 6.43. The number of hydrogen-bond acceptors (Lipinski definition) is 4. The van der Waals surface area contributed by atoms with Crippen molar-refractivity contribution in [3.8, 4) is 0 Å². The van der Waals surface area contributed by atoms with Crippen molar-refractivity contribution in [2.75, 3.05) is 25.4 Å². The molecule has 0 saturated carbocycles. The smallest absolute Gasteiger partial charge is 0.275 e. The van der Waals surface area contributed by atoms with Crippen molar-refractivity contribution >= 4 is 28.6 Å². The number of carbonyl (C=O) groups excluding carboxylic acids is 1. The summed E-state index contributed by atoms with van der Waals surface area (Å²) in [6.45, 7) is 4.43. The first kappa shape index (κ1) is 15.0. The third-order valence-corrected chi connectivity index (χ3v) is 6.36. The minimum absolute atomic E-state index is 0.0490. The van der Waals surface area contributed by atoms with Crippen LogP contribution in [0.15, 0.2) is 24.3 Å². The van der Waals surface area contributed by atoms with Crippen LogP contribution in [0.25, 0.3) is 10.9 Å². The van der Waals surface area contributed by atoms with Crippen molar-refractivity contribution in [2.45, 2.75) is 24.2 Å². The van der Waals surface area contributed by atoms with Crippen LogP contribution in [-0.2, 0) is 11.8 Å². The molecular formula is C17H21N3O2S. The van der Waals surface area contributed by atoms with Crippen LogP contribution in [0.2, 0.25) is 0 Å². The number of thioether (sulfide) groups is 1. The van der Waals surface area contributed by atoms with Gasteiger partial charge in [0.25, 0.3) is 5.91 Å². The van der Waals surface area contributed by atoms with E-state index in [1.54, 1.807) is 4.68 Å². The normalized spacial score (nSPS) is 22.7. The third kappa shape index (κ3) is 2.44. The minimum atomic E-state index is 0.0490. The number of benzene rings is 1. The van der Waals surface area contributed by atoms with Gasteiger partial charge in [0, 0.05) is 37.9 Å². The number of fused-ring (bicyclic) bond motifs is 1. The van der Waals surface area contributed by atoms with Gasteiger partial charge in [-0.15, -0.1) is 11.8 Å². The van der Waals surface area contributed by atoms with Crippen molar-refractivity contribution in [3.05, 3.63) is 30.0 Å². The number of para-hydroxylation sites is 1. The zero-order chi connectivity index (χ0) is 16.0. The Kier molecular flexibility index (Phi) is 3.61. The average molecular weight is 331 g/mol. The first-order valence-electron chi connectivity index (χ1n) is 8.08. The van der Waals surface area contributed by atoms with Crippen LogP contribution in [0.3, 0.4) is 0 Å². The predicted molar refractivity (Wildman–Crippen MR) is 91.8 cm³/mol. The molecule has 3 heterocycles. The Bertz CT molecular complexity index is 751. The van der Waals surface area contributed by atoms with Gasteiger partial charge in [-0.05, 0) is 19.4 Å². The summed E-state index contributed by atoms with van der Waals surface area (Å²) in [5.41, 5.74) is 1.57. The maximum Gasteiger partial charge on any atom is 0.275 e. The second kappa shape index (κ2) is 5.53. The van der Waals surface area contributed by atoms with Crippen LogP contribution in [-0.4, -0.2) is 56.9 Å². The quantitative estimate of drug-likeness (QED) is 0.866. The van der Waals surface area contributed by atoms with E-state index in [1.165, 1.54) is 0 Å². The van der Waals surface area contributed by atoms with Crippen LogP contribution in [0.5, 0.6) is 0 Å². The maximum atomic E-state index is 12.8. The van der Waals surface area contributed by atoms with Gasteiger partial charge in [0.1, 0.15) is 0 Å². The molecule has 0 unspecified atom stereocenters. The highest BCUT2D eigenvalue weighted by Crippen LogP contribution is 2.46. The third-order valence-electron chi connectivity index (χ3n) is 4.78. The van der Waals surface area contributed by atoms with Crippen LogP contribution in [0.4, 0.5) is 0 Å². The molecule has 2 saturated heterocycles. The molecule has 6 heteroatoms. The molecule has 2 aliphatic heterocycles. The summed E-state index contributed by atoms with van der Waals surface area (Å²) in [6, 6.07) is 7.90. The van der Waals surface area contributed by atoms with Gasteiger partial charge in [-0.2, -0.15) is 5.10 Å². The molecule has 4 rings (SSSR count). The molecule has 1 atom stereocenters. The monoisotopic (exact) mass is 331 g/mol. The van der Waals surface area contributed by atoms with E-state index in [2.05, 4.69) is 5.10 Å². The lowest BCUT2D eigenvalue weighted by Gasteiger charge is -2.47. The molecule has 1 spiro atoms. The van der Waals surface area contributed by atoms with Crippen LogP contribution in [0, 0.1) is 0 Å². The molecule has 2 fully saturated rings. The summed E-state index contributed by atoms with van der Waals surface area (Å²) < 4.78 is 7.73. The molecule has 1 aromatic carbocycles. The fourth-order valence-corrected chi connectivity index (χ4v) is 5.23. The summed E-state index contributed by atoms with van der Waals surface area (Å²) in [5.74, 6) is 1.09. The first-order chi connectivity index (χ1) is 11.1. The van der Waals surface area contributed by atoms with E-state index in [0.717, 1.165) is 42.8 Å². The Morgan fingerprint density at radius 1 is 1.43 bits per heavy atom. The number of likely N-dealkylation sites (tertiary alicyclic amines) is 1. The average Bonchev–Trinajstić information content (AvgIpc) is 3.08. The van der Waals surface area contributed by atoms with Crippen molar-refractivity contribution in [2.24, 2.45) is 7.05 Å². The zero-order valence-corrected chi connectivity index (χ0v) is 14.3. The Hall–Kier alpha value is -1.53. The SMILES string of the molecule is CCO[C@@H]1CSC2(C1)CN(C(=O)c1nn(C)c3ccccc13)C2. The number of ether oxygens (including phenoxy) is 1. The number of aryl methyl sites for hydroxylation is 1. The molecule has 23 heavy (non-hydrogen) atoms. The lowest BCUT2D eigenvalue weighted by atomic mass is 9.92. The maximum absolute atomic E-state index is 12.8. The van der Waals surface area contributed by atoms with Crippen molar-refractivity contribution in [1.82, 2.24) is 14.7 Å². The van der Waals surface area contributed by atoms with E-state index < -0.39 is 0 Å². The number of hydrogen-bond donors (Lipinski definition) is 0. The van der Waals surface area contributed by atoms with Crippen molar-refractivity contribution in [3.63, 3.8) is 0 Å². The summed E-state index contributed by atoms with van der Waals surface area (Å²) >= 11 is 1.96. The van der Waals surface area contributed by atoms with Crippen molar-refractivity contribution < 1.29 is 9.53 Å². The highest BCUT2D eigenvalue weighted by atomic mass is 32.2. The predicted octanol–water partition coefficient (Wildman–Crippen LogP) is 2.31. The number of amides is 1. The number of carbonyl (C=O) groups is 1. The minimum Gasteiger partial charge on any atom is -0.378 e. The summed E-state index contributed by atoms with van der Waals surface area (Å²) in [6.07, 6.45) is 1.40. The standard InChI is InChI=1S/C17H21N3O2S/c1-3-22-12-8-17(23-9-12)10-20(11-17)16(21)15-13-6-4-5-7-14(13)19(2)18-15/h4-7,12H,3,8-11H2,1-2H3/t12-/m0/s1. The van der Waals surface area contributed by atoms with Crippen LogP contribution >= 0.6 is 11.8 Å². The van der Waals surface area contributed by atoms with Gasteiger partial charge in [0.15, 0.2) is 5.69 Å². The molecular weight excluding hydrogens is 310 g/mol. The highest BCUT2D eigenvalue weighted by Gasteiger charge is 2.51. The second-order valence-corrected chi connectivity index (χ2v) is 7.91. The number of aromatic nitrogens is 2. The lowest BCUT2D eigenvalue weighted by Crippen LogP contribution is -2.60. The topological polar surface area (TPSA) is 47.4 Å². The van der Waals surface area contributed by atoms with E-state index in [-0.39, 0.29) is 10.7 Å². The molecule has 2 aromatic rings. The summed E-state index contributed by atoms with van der Waals surface area (Å²) in [7, 11) is 1.89. The fraction of sp³-hybridized carbons (Fsp3) is 0.529. The lowest BCUT2D eigenvalue weighted by molar-refractivity contribution is 0.0356. The Labute approximate surface area is 140 Å². The van der Waals surface area contributed by atoms with Crippen LogP contribution in [0.1, 0.15) is 23.8 Å².